The topological polar surface area (TPSA) is 289 Å². The van der Waals surface area contributed by atoms with Crippen LogP contribution in [-0.4, -0.2) is 80.9 Å². The molecule has 0 spiro atoms. The molecule has 7 N–H and O–H groups in total. The van der Waals surface area contributed by atoms with Gasteiger partial charge < -0.3 is 31.7 Å². The highest BCUT2D eigenvalue weighted by molar-refractivity contribution is 7.84. The van der Waals surface area contributed by atoms with Crippen LogP contribution in [0.3, 0.4) is 0 Å². The second-order valence-corrected chi connectivity index (χ2v) is 11.2. The van der Waals surface area contributed by atoms with Crippen LogP contribution in [0, 0.1) is 10.1 Å². The fraction of sp³-hybridized carbons (Fsp3) is 0.333. The molecule has 42 heavy (non-hydrogen) atoms. The van der Waals surface area contributed by atoms with E-state index in [-0.39, 0.29) is 27.4 Å². The van der Waals surface area contributed by atoms with E-state index < -0.39 is 69.0 Å². The summed E-state index contributed by atoms with van der Waals surface area (Å²) in [5.41, 5.74) is 8.43. The summed E-state index contributed by atoms with van der Waals surface area (Å²) >= 11 is 0.921. The molecule has 2 aromatic rings. The van der Waals surface area contributed by atoms with E-state index in [0.717, 1.165) is 11.3 Å². The molecule has 2 atom stereocenters. The van der Waals surface area contributed by atoms with Gasteiger partial charge in [0.05, 0.1) is 11.0 Å². The molecular formula is C21H24N8O11S2. The van der Waals surface area contributed by atoms with Gasteiger partial charge in [0, 0.05) is 24.1 Å². The van der Waals surface area contributed by atoms with E-state index in [4.69, 9.17) is 21.0 Å². The van der Waals surface area contributed by atoms with Gasteiger partial charge in [-0.25, -0.2) is 18.9 Å². The number of thiazole rings is 1. The molecule has 19 nitrogen and oxygen atoms in total. The molecule has 0 radical (unpaired) electrons. The predicted molar refractivity (Wildman–Crippen MR) is 143 cm³/mol. The standard InChI is InChI=1S/C21H24N8O11S2/c1-21(2,18(32)39-8-10-3-5-11(6-4-10)29(34)35)40-27-14(12-9-41-20(23)25-12)16(30)26-15-13(7-24-19(22)33)28(17(15)31)42(36,37)38/h3-6,9,13,15H,7-8H2,1-2H3,(H2,23,25)(H,26,30)(H3,22,24,33)(H,36,37,38)/t13-,15+/m0/s1. The van der Waals surface area contributed by atoms with Crippen LogP contribution < -0.4 is 22.1 Å². The van der Waals surface area contributed by atoms with Gasteiger partial charge in [-0.15, -0.1) is 11.3 Å². The lowest BCUT2D eigenvalue weighted by molar-refractivity contribution is -0.384. The Bertz CT molecular complexity index is 1540. The number of oxime groups is 1. The van der Waals surface area contributed by atoms with Crippen LogP contribution >= 0.6 is 11.3 Å². The van der Waals surface area contributed by atoms with E-state index in [9.17, 15) is 42.3 Å². The van der Waals surface area contributed by atoms with Crippen LogP contribution in [0.25, 0.3) is 0 Å². The fourth-order valence-electron chi connectivity index (χ4n) is 3.41. The zero-order valence-corrected chi connectivity index (χ0v) is 23.4. The van der Waals surface area contributed by atoms with Gasteiger partial charge in [-0.2, -0.15) is 8.42 Å². The van der Waals surface area contributed by atoms with Crippen molar-refractivity contribution in [3.63, 3.8) is 0 Å². The number of rotatable bonds is 12. The Morgan fingerprint density at radius 2 is 1.93 bits per heavy atom. The highest BCUT2D eigenvalue weighted by Gasteiger charge is 2.54. The molecule has 1 fully saturated rings. The lowest BCUT2D eigenvalue weighted by Crippen LogP contribution is -2.74. The number of nitrogen functional groups attached to an aromatic ring is 1. The normalized spacial score (nSPS) is 17.2. The predicted octanol–water partition coefficient (Wildman–Crippen LogP) is -0.957. The molecule has 1 aromatic carbocycles. The van der Waals surface area contributed by atoms with Crippen LogP contribution in [0.5, 0.6) is 0 Å². The lowest BCUT2D eigenvalue weighted by Gasteiger charge is -2.44. The van der Waals surface area contributed by atoms with E-state index in [1.54, 1.807) is 0 Å². The summed E-state index contributed by atoms with van der Waals surface area (Å²) in [5.74, 6) is -3.28. The molecular weight excluding hydrogens is 604 g/mol. The summed E-state index contributed by atoms with van der Waals surface area (Å²) < 4.78 is 37.8. The largest absolute Gasteiger partial charge is 0.458 e. The minimum atomic E-state index is -5.04. The fourth-order valence-corrected chi connectivity index (χ4v) is 4.84. The van der Waals surface area contributed by atoms with E-state index in [1.165, 1.54) is 43.5 Å². The molecule has 0 saturated carbocycles. The van der Waals surface area contributed by atoms with Gasteiger partial charge in [0.1, 0.15) is 18.3 Å². The Morgan fingerprint density at radius 3 is 2.45 bits per heavy atom. The van der Waals surface area contributed by atoms with Gasteiger partial charge in [-0.05, 0) is 31.5 Å². The maximum absolute atomic E-state index is 13.2. The number of primary amides is 1. The maximum Gasteiger partial charge on any atom is 0.362 e. The van der Waals surface area contributed by atoms with Gasteiger partial charge in [-0.1, -0.05) is 5.16 Å². The van der Waals surface area contributed by atoms with Crippen molar-refractivity contribution in [2.75, 3.05) is 12.3 Å². The number of nitrogens with two attached hydrogens (primary N) is 2. The van der Waals surface area contributed by atoms with Crippen LogP contribution in [0.2, 0.25) is 0 Å². The second-order valence-electron chi connectivity index (χ2n) is 8.99. The van der Waals surface area contributed by atoms with Gasteiger partial charge in [0.2, 0.25) is 5.60 Å². The number of esters is 1. The number of nitrogens with zero attached hydrogens (tertiary/aromatic N) is 4. The first kappa shape index (κ1) is 31.6. The summed E-state index contributed by atoms with van der Waals surface area (Å²) in [4.78, 5) is 68.8. The number of nitro benzene ring substituents is 1. The average molecular weight is 629 g/mol. The van der Waals surface area contributed by atoms with Crippen molar-refractivity contribution >= 4 is 62.0 Å². The summed E-state index contributed by atoms with van der Waals surface area (Å²) in [6.45, 7) is 1.72. The highest BCUT2D eigenvalue weighted by Crippen LogP contribution is 2.24. The zero-order valence-electron chi connectivity index (χ0n) is 21.7. The first-order chi connectivity index (χ1) is 19.5. The number of urea groups is 1. The van der Waals surface area contributed by atoms with Crippen molar-refractivity contribution < 1.29 is 46.6 Å². The smallest absolute Gasteiger partial charge is 0.362 e. The molecule has 1 aliphatic rings. The molecule has 21 heteroatoms. The number of hydrogen-bond acceptors (Lipinski definition) is 14. The van der Waals surface area contributed by atoms with Gasteiger partial charge >= 0.3 is 22.3 Å². The van der Waals surface area contributed by atoms with Gasteiger partial charge in [-0.3, -0.25) is 24.3 Å². The number of non-ortho nitro benzene ring substituents is 1. The van der Waals surface area contributed by atoms with Crippen LogP contribution in [0.15, 0.2) is 34.8 Å². The average Bonchev–Trinajstić information content (AvgIpc) is 3.32. The van der Waals surface area contributed by atoms with Crippen LogP contribution in [0.1, 0.15) is 25.1 Å². The van der Waals surface area contributed by atoms with E-state index in [1.807, 2.05) is 0 Å². The third-order valence-corrected chi connectivity index (χ3v) is 7.17. The van der Waals surface area contributed by atoms with Crippen molar-refractivity contribution in [1.29, 1.82) is 0 Å². The number of β-lactam (4-membered cyclic amide) rings is 1. The summed E-state index contributed by atoms with van der Waals surface area (Å²) in [7, 11) is -5.04. The van der Waals surface area contributed by atoms with E-state index in [0.29, 0.717) is 5.56 Å². The zero-order chi connectivity index (χ0) is 31.4. The molecule has 0 unspecified atom stereocenters. The minimum Gasteiger partial charge on any atom is -0.458 e. The summed E-state index contributed by atoms with van der Waals surface area (Å²) in [6, 6.07) is 1.18. The van der Waals surface area contributed by atoms with Crippen LogP contribution in [0.4, 0.5) is 15.6 Å². The molecule has 0 aliphatic carbocycles. The summed E-state index contributed by atoms with van der Waals surface area (Å²) in [6.07, 6.45) is 0. The minimum absolute atomic E-state index is 0.0214. The Morgan fingerprint density at radius 1 is 1.29 bits per heavy atom. The number of anilines is 1. The number of nitro groups is 1. The van der Waals surface area contributed by atoms with Crippen molar-refractivity contribution in [3.8, 4) is 0 Å². The van der Waals surface area contributed by atoms with E-state index in [2.05, 4.69) is 20.8 Å². The molecule has 0 bridgehead atoms. The molecule has 1 aliphatic heterocycles. The highest BCUT2D eigenvalue weighted by atomic mass is 32.2. The first-order valence-corrected chi connectivity index (χ1v) is 13.8. The van der Waals surface area contributed by atoms with Gasteiger partial charge in [0.15, 0.2) is 10.8 Å². The third kappa shape index (κ3) is 7.44. The molecule has 1 saturated heterocycles. The number of carbonyl (C=O) groups excluding carboxylic acids is 4. The Balaban J connectivity index is 1.77. The molecule has 1 aromatic heterocycles. The Kier molecular flexibility index (Phi) is 9.28. The maximum atomic E-state index is 13.2. The van der Waals surface area contributed by atoms with E-state index >= 15 is 0 Å². The number of nitrogens with one attached hydrogen (secondary N) is 2. The third-order valence-electron chi connectivity index (χ3n) is 5.54. The lowest BCUT2D eigenvalue weighted by atomic mass is 9.98. The molecule has 4 amide bonds. The monoisotopic (exact) mass is 628 g/mol. The Hall–Kier alpha value is -4.89. The van der Waals surface area contributed by atoms with Crippen molar-refractivity contribution in [3.05, 3.63) is 51.0 Å². The van der Waals surface area contributed by atoms with Gasteiger partial charge in [0.25, 0.3) is 17.5 Å². The molecule has 226 valence electrons. The van der Waals surface area contributed by atoms with Crippen LogP contribution in [-0.2, 0) is 40.9 Å². The molecule has 2 heterocycles. The second kappa shape index (κ2) is 12.3. The number of benzene rings is 1. The quantitative estimate of drug-likeness (QED) is 0.0473. The molecule has 3 rings (SSSR count). The Labute approximate surface area is 240 Å². The number of carbonyl (C=O) groups is 4. The van der Waals surface area contributed by atoms with Crippen molar-refractivity contribution in [2.24, 2.45) is 10.9 Å². The SMILES string of the molecule is CC(C)(ON=C(C(=O)N[C@H]1C(=O)N(S(=O)(=O)O)[C@H]1CNC(N)=O)c1csc(N)n1)C(=O)OCc1ccc([N+](=O)[O-])cc1. The van der Waals surface area contributed by atoms with Crippen molar-refractivity contribution in [1.82, 2.24) is 19.9 Å². The summed E-state index contributed by atoms with van der Waals surface area (Å²) in [5, 5.41) is 20.2. The number of ether oxygens (including phenoxy) is 1. The first-order valence-electron chi connectivity index (χ1n) is 11.5. The number of hydrogen-bond donors (Lipinski definition) is 5. The number of aromatic nitrogens is 1. The van der Waals surface area contributed by atoms with Crippen molar-refractivity contribution in [2.45, 2.75) is 38.1 Å². The number of amides is 4.